The maximum atomic E-state index is 5.31. The van der Waals surface area contributed by atoms with Crippen molar-refractivity contribution < 1.29 is 0 Å². The monoisotopic (exact) mass is 176 g/mol. The third kappa shape index (κ3) is 2.08. The maximum absolute atomic E-state index is 5.31. The van der Waals surface area contributed by atoms with Gasteiger partial charge in [0, 0.05) is 5.56 Å². The van der Waals surface area contributed by atoms with Crippen molar-refractivity contribution in [2.45, 2.75) is 27.2 Å². The van der Waals surface area contributed by atoms with Crippen molar-refractivity contribution >= 4 is 5.71 Å². The fourth-order valence-corrected chi connectivity index (χ4v) is 1.49. The van der Waals surface area contributed by atoms with Gasteiger partial charge in [0.2, 0.25) is 0 Å². The highest BCUT2D eigenvalue weighted by atomic mass is 15.1. The van der Waals surface area contributed by atoms with Crippen LogP contribution in [-0.4, -0.2) is 5.71 Å². The Morgan fingerprint density at radius 1 is 1.38 bits per heavy atom. The summed E-state index contributed by atoms with van der Waals surface area (Å²) in [4.78, 5) is 0. The van der Waals surface area contributed by atoms with Gasteiger partial charge in [-0.1, -0.05) is 30.7 Å². The first-order chi connectivity index (χ1) is 6.19. The molecule has 1 rings (SSSR count). The highest BCUT2D eigenvalue weighted by molar-refractivity contribution is 6.01. The van der Waals surface area contributed by atoms with Crippen LogP contribution in [0.2, 0.25) is 0 Å². The second-order valence-corrected chi connectivity index (χ2v) is 3.25. The average Bonchev–Trinajstić information content (AvgIpc) is 2.10. The molecule has 0 radical (unpaired) electrons. The van der Waals surface area contributed by atoms with Crippen LogP contribution in [0.5, 0.6) is 0 Å². The minimum atomic E-state index is 0.875. The SMILES string of the molecule is CC/C(=N\N)c1ccc(C)cc1C. The van der Waals surface area contributed by atoms with Crippen molar-refractivity contribution in [1.82, 2.24) is 0 Å². The van der Waals surface area contributed by atoms with E-state index in [0.717, 1.165) is 17.7 Å². The molecule has 0 aliphatic heterocycles. The topological polar surface area (TPSA) is 38.4 Å². The summed E-state index contributed by atoms with van der Waals surface area (Å²) < 4.78 is 0. The van der Waals surface area contributed by atoms with Gasteiger partial charge in [0.05, 0.1) is 5.71 Å². The second-order valence-electron chi connectivity index (χ2n) is 3.25. The molecule has 0 aliphatic carbocycles. The van der Waals surface area contributed by atoms with Crippen molar-refractivity contribution in [1.29, 1.82) is 0 Å². The van der Waals surface area contributed by atoms with E-state index in [0.29, 0.717) is 0 Å². The van der Waals surface area contributed by atoms with Crippen molar-refractivity contribution in [3.05, 3.63) is 34.9 Å². The van der Waals surface area contributed by atoms with Gasteiger partial charge in [0.25, 0.3) is 0 Å². The molecule has 1 aromatic carbocycles. The number of nitrogens with two attached hydrogens (primary N) is 1. The Balaban J connectivity index is 3.15. The summed E-state index contributed by atoms with van der Waals surface area (Å²) in [5, 5.41) is 3.78. The predicted molar refractivity (Wildman–Crippen MR) is 56.9 cm³/mol. The molecule has 0 saturated heterocycles. The zero-order valence-electron chi connectivity index (χ0n) is 8.46. The van der Waals surface area contributed by atoms with Crippen molar-refractivity contribution in [3.8, 4) is 0 Å². The number of rotatable bonds is 2. The normalized spacial score (nSPS) is 11.8. The van der Waals surface area contributed by atoms with E-state index in [9.17, 15) is 0 Å². The van der Waals surface area contributed by atoms with E-state index in [4.69, 9.17) is 5.84 Å². The Labute approximate surface area is 79.5 Å². The molecular weight excluding hydrogens is 160 g/mol. The zero-order chi connectivity index (χ0) is 9.84. The van der Waals surface area contributed by atoms with Crippen LogP contribution in [0.25, 0.3) is 0 Å². The van der Waals surface area contributed by atoms with Gasteiger partial charge in [0.1, 0.15) is 0 Å². The first kappa shape index (κ1) is 9.78. The summed E-state index contributed by atoms with van der Waals surface area (Å²) in [6, 6.07) is 6.32. The molecular formula is C11H16N2. The molecule has 0 spiro atoms. The molecule has 0 heterocycles. The van der Waals surface area contributed by atoms with E-state index in [1.807, 2.05) is 0 Å². The average molecular weight is 176 g/mol. The molecule has 0 unspecified atom stereocenters. The van der Waals surface area contributed by atoms with E-state index in [-0.39, 0.29) is 0 Å². The van der Waals surface area contributed by atoms with Crippen LogP contribution in [0.15, 0.2) is 23.3 Å². The van der Waals surface area contributed by atoms with Crippen LogP contribution in [0.4, 0.5) is 0 Å². The van der Waals surface area contributed by atoms with Crippen molar-refractivity contribution in [3.63, 3.8) is 0 Å². The minimum absolute atomic E-state index is 0.875. The third-order valence-corrected chi connectivity index (χ3v) is 2.18. The van der Waals surface area contributed by atoms with Gasteiger partial charge < -0.3 is 5.84 Å². The smallest absolute Gasteiger partial charge is 0.0672 e. The van der Waals surface area contributed by atoms with Crippen LogP contribution in [0.1, 0.15) is 30.0 Å². The summed E-state index contributed by atoms with van der Waals surface area (Å²) in [7, 11) is 0. The number of benzene rings is 1. The molecule has 0 aliphatic rings. The van der Waals surface area contributed by atoms with E-state index in [1.54, 1.807) is 0 Å². The van der Waals surface area contributed by atoms with E-state index in [2.05, 4.69) is 44.1 Å². The van der Waals surface area contributed by atoms with Crippen molar-refractivity contribution in [2.75, 3.05) is 0 Å². The zero-order valence-corrected chi connectivity index (χ0v) is 8.46. The highest BCUT2D eigenvalue weighted by Crippen LogP contribution is 2.12. The fourth-order valence-electron chi connectivity index (χ4n) is 1.49. The number of aryl methyl sites for hydroxylation is 2. The summed E-state index contributed by atoms with van der Waals surface area (Å²) in [5.74, 6) is 5.31. The Kier molecular flexibility index (Phi) is 3.07. The van der Waals surface area contributed by atoms with Crippen molar-refractivity contribution in [2.24, 2.45) is 10.9 Å². The van der Waals surface area contributed by atoms with Gasteiger partial charge in [-0.05, 0) is 25.8 Å². The Hall–Kier alpha value is -1.31. The largest absolute Gasteiger partial charge is 0.323 e. The quantitative estimate of drug-likeness (QED) is 0.419. The summed E-state index contributed by atoms with van der Waals surface area (Å²) in [6.45, 7) is 6.23. The Morgan fingerprint density at radius 3 is 2.54 bits per heavy atom. The molecule has 0 fully saturated rings. The summed E-state index contributed by atoms with van der Waals surface area (Å²) in [6.07, 6.45) is 0.875. The molecule has 70 valence electrons. The number of hydrazone groups is 1. The molecule has 1 aromatic rings. The van der Waals surface area contributed by atoms with Crippen LogP contribution < -0.4 is 5.84 Å². The number of hydrogen-bond donors (Lipinski definition) is 1. The maximum Gasteiger partial charge on any atom is 0.0672 e. The summed E-state index contributed by atoms with van der Waals surface area (Å²) >= 11 is 0. The van der Waals surface area contributed by atoms with Gasteiger partial charge in [0.15, 0.2) is 0 Å². The second kappa shape index (κ2) is 4.08. The first-order valence-electron chi connectivity index (χ1n) is 4.53. The van der Waals surface area contributed by atoms with Gasteiger partial charge in [-0.3, -0.25) is 0 Å². The van der Waals surface area contributed by atoms with E-state index < -0.39 is 0 Å². The van der Waals surface area contributed by atoms with E-state index in [1.165, 1.54) is 11.1 Å². The molecule has 0 amide bonds. The standard InChI is InChI=1S/C11H16N2/c1-4-11(13-12)10-6-5-8(2)7-9(10)3/h5-7H,4,12H2,1-3H3/b13-11+. The summed E-state index contributed by atoms with van der Waals surface area (Å²) in [5.41, 5.74) is 4.65. The lowest BCUT2D eigenvalue weighted by Crippen LogP contribution is -2.04. The Bertz CT molecular complexity index is 327. The van der Waals surface area contributed by atoms with E-state index >= 15 is 0 Å². The van der Waals surface area contributed by atoms with Gasteiger partial charge in [-0.15, -0.1) is 0 Å². The van der Waals surface area contributed by atoms with Crippen LogP contribution in [-0.2, 0) is 0 Å². The molecule has 0 saturated carbocycles. The highest BCUT2D eigenvalue weighted by Gasteiger charge is 2.03. The van der Waals surface area contributed by atoms with Gasteiger partial charge in [-0.25, -0.2) is 0 Å². The lowest BCUT2D eigenvalue weighted by Gasteiger charge is -2.07. The minimum Gasteiger partial charge on any atom is -0.323 e. The van der Waals surface area contributed by atoms with Crippen LogP contribution in [0, 0.1) is 13.8 Å². The Morgan fingerprint density at radius 2 is 2.08 bits per heavy atom. The first-order valence-corrected chi connectivity index (χ1v) is 4.53. The van der Waals surface area contributed by atoms with Crippen LogP contribution >= 0.6 is 0 Å². The molecule has 0 aromatic heterocycles. The molecule has 13 heavy (non-hydrogen) atoms. The molecule has 2 nitrogen and oxygen atoms in total. The number of nitrogens with zero attached hydrogens (tertiary/aromatic N) is 1. The fraction of sp³-hybridized carbons (Fsp3) is 0.364. The predicted octanol–water partition coefficient (Wildman–Crippen LogP) is 2.38. The van der Waals surface area contributed by atoms with Crippen LogP contribution in [0.3, 0.4) is 0 Å². The molecule has 0 bridgehead atoms. The lowest BCUT2D eigenvalue weighted by molar-refractivity contribution is 1.16. The molecule has 2 heteroatoms. The van der Waals surface area contributed by atoms with Gasteiger partial charge in [-0.2, -0.15) is 5.10 Å². The molecule has 0 atom stereocenters. The molecule has 2 N–H and O–H groups in total. The van der Waals surface area contributed by atoms with Gasteiger partial charge >= 0.3 is 0 Å². The lowest BCUT2D eigenvalue weighted by atomic mass is 10.0. The third-order valence-electron chi connectivity index (χ3n) is 2.18. The number of hydrogen-bond acceptors (Lipinski definition) is 2.